The molecule has 2 aromatic rings. The first-order chi connectivity index (χ1) is 19.8. The maximum absolute atomic E-state index is 6.10. The highest BCUT2D eigenvalue weighted by Gasteiger charge is 2.20. The lowest BCUT2D eigenvalue weighted by Crippen LogP contribution is -2.46. The van der Waals surface area contributed by atoms with Gasteiger partial charge in [0.15, 0.2) is 0 Å². The molecule has 214 valence electrons. The lowest BCUT2D eigenvalue weighted by Gasteiger charge is -2.39. The van der Waals surface area contributed by atoms with E-state index in [0.29, 0.717) is 5.02 Å². The second-order valence-electron chi connectivity index (χ2n) is 10.4. The van der Waals surface area contributed by atoms with E-state index in [1.807, 2.05) is 36.5 Å². The Labute approximate surface area is 252 Å². The highest BCUT2D eigenvalue weighted by atomic mass is 35.5. The predicted molar refractivity (Wildman–Crippen MR) is 181 cm³/mol. The summed E-state index contributed by atoms with van der Waals surface area (Å²) >= 11 is 6.10. The van der Waals surface area contributed by atoms with Crippen molar-refractivity contribution in [1.82, 2.24) is 4.90 Å². The first-order valence-electron chi connectivity index (χ1n) is 14.5. The van der Waals surface area contributed by atoms with Crippen LogP contribution in [0.5, 0.6) is 0 Å². The van der Waals surface area contributed by atoms with Crippen LogP contribution in [0.15, 0.2) is 126 Å². The van der Waals surface area contributed by atoms with Crippen LogP contribution in [0.3, 0.4) is 0 Å². The zero-order valence-electron chi connectivity index (χ0n) is 25.0. The van der Waals surface area contributed by atoms with E-state index in [4.69, 9.17) is 16.6 Å². The van der Waals surface area contributed by atoms with Crippen molar-refractivity contribution in [2.24, 2.45) is 4.99 Å². The highest BCUT2D eigenvalue weighted by Crippen LogP contribution is 2.24. The number of aliphatic imine (C=N–C) groups is 1. The summed E-state index contributed by atoms with van der Waals surface area (Å²) in [7, 11) is 0. The molecule has 0 radical (unpaired) electrons. The molecule has 3 rings (SSSR count). The number of allylic oxidation sites excluding steroid dienone is 6. The second kappa shape index (κ2) is 16.5. The van der Waals surface area contributed by atoms with Crippen LogP contribution in [-0.4, -0.2) is 36.8 Å². The van der Waals surface area contributed by atoms with E-state index in [9.17, 15) is 0 Å². The van der Waals surface area contributed by atoms with Gasteiger partial charge < -0.3 is 9.80 Å². The molecule has 1 aliphatic heterocycles. The van der Waals surface area contributed by atoms with Crippen molar-refractivity contribution in [3.05, 3.63) is 137 Å². The number of hydrogen-bond acceptors (Lipinski definition) is 3. The molecule has 0 unspecified atom stereocenters. The van der Waals surface area contributed by atoms with Crippen LogP contribution < -0.4 is 4.90 Å². The van der Waals surface area contributed by atoms with Gasteiger partial charge in [-0.1, -0.05) is 79.9 Å². The molecule has 1 aliphatic rings. The topological polar surface area (TPSA) is 18.8 Å². The van der Waals surface area contributed by atoms with Crippen molar-refractivity contribution in [2.75, 3.05) is 31.1 Å². The van der Waals surface area contributed by atoms with E-state index >= 15 is 0 Å². The van der Waals surface area contributed by atoms with Crippen molar-refractivity contribution < 1.29 is 0 Å². The molecule has 0 saturated carbocycles. The molecule has 1 heterocycles. The maximum atomic E-state index is 6.10. The van der Waals surface area contributed by atoms with E-state index in [0.717, 1.165) is 85.6 Å². The van der Waals surface area contributed by atoms with Gasteiger partial charge in [-0.05, 0) is 98.6 Å². The van der Waals surface area contributed by atoms with Gasteiger partial charge in [0.05, 0.1) is 0 Å². The van der Waals surface area contributed by atoms with Gasteiger partial charge in [-0.3, -0.25) is 4.99 Å². The van der Waals surface area contributed by atoms with Gasteiger partial charge in [0.25, 0.3) is 0 Å². The third-order valence-electron chi connectivity index (χ3n) is 7.41. The Kier molecular flexibility index (Phi) is 12.8. The zero-order chi connectivity index (χ0) is 29.6. The largest absolute Gasteiger partial charge is 0.368 e. The van der Waals surface area contributed by atoms with Crippen molar-refractivity contribution in [3.63, 3.8) is 0 Å². The van der Waals surface area contributed by atoms with Gasteiger partial charge in [0.2, 0.25) is 0 Å². The Balaban J connectivity index is 1.66. The van der Waals surface area contributed by atoms with Crippen molar-refractivity contribution in [2.45, 2.75) is 46.5 Å². The van der Waals surface area contributed by atoms with Crippen LogP contribution >= 0.6 is 11.6 Å². The number of benzene rings is 2. The molecular weight excluding hydrogens is 522 g/mol. The first kappa shape index (κ1) is 31.7. The molecule has 0 aliphatic carbocycles. The summed E-state index contributed by atoms with van der Waals surface area (Å²) in [5, 5.41) is 0.715. The number of nitrogens with zero attached hydrogens (tertiary/aromatic N) is 3. The third kappa shape index (κ3) is 9.67. The Morgan fingerprint density at radius 3 is 2.37 bits per heavy atom. The number of para-hydroxylation sites is 1. The fraction of sp³-hybridized carbons (Fsp3) is 0.297. The molecule has 3 nitrogen and oxygen atoms in total. The fourth-order valence-corrected chi connectivity index (χ4v) is 5.00. The van der Waals surface area contributed by atoms with Gasteiger partial charge in [-0.25, -0.2) is 0 Å². The zero-order valence-corrected chi connectivity index (χ0v) is 25.8. The SMILES string of the molecule is C=C=CCCCCC(=N/C=C(C)/C=C\C(=C/C)C(=C)N1CCN(c2ccccc2C)CC1)C(=C)c1ccc(Cl)cc1. The molecule has 0 aromatic heterocycles. The normalized spacial score (nSPS) is 14.8. The molecule has 1 fully saturated rings. The van der Waals surface area contributed by atoms with Crippen LogP contribution in [0.25, 0.3) is 5.57 Å². The minimum absolute atomic E-state index is 0.715. The molecule has 0 spiro atoms. The molecular formula is C37H44ClN3. The van der Waals surface area contributed by atoms with E-state index in [2.05, 4.69) is 98.5 Å². The second-order valence-corrected chi connectivity index (χ2v) is 10.8. The van der Waals surface area contributed by atoms with Crippen molar-refractivity contribution in [1.29, 1.82) is 0 Å². The van der Waals surface area contributed by atoms with E-state index in [1.54, 1.807) is 0 Å². The van der Waals surface area contributed by atoms with E-state index in [1.165, 1.54) is 11.3 Å². The summed E-state index contributed by atoms with van der Waals surface area (Å²) in [4.78, 5) is 9.76. The molecule has 41 heavy (non-hydrogen) atoms. The van der Waals surface area contributed by atoms with Crippen molar-refractivity contribution in [3.8, 4) is 0 Å². The van der Waals surface area contributed by atoms with Gasteiger partial charge >= 0.3 is 0 Å². The summed E-state index contributed by atoms with van der Waals surface area (Å²) in [5.41, 5.74) is 11.7. The van der Waals surface area contributed by atoms with E-state index < -0.39 is 0 Å². The molecule has 0 atom stereocenters. The molecule has 1 saturated heterocycles. The number of piperazine rings is 1. The fourth-order valence-electron chi connectivity index (χ4n) is 4.87. The molecule has 4 heteroatoms. The monoisotopic (exact) mass is 565 g/mol. The van der Waals surface area contributed by atoms with Crippen LogP contribution in [-0.2, 0) is 0 Å². The number of rotatable bonds is 13. The molecule has 0 bridgehead atoms. The Hall–Kier alpha value is -3.78. The molecule has 0 amide bonds. The van der Waals surface area contributed by atoms with Crippen molar-refractivity contribution >= 4 is 28.6 Å². The summed E-state index contributed by atoms with van der Waals surface area (Å²) in [5.74, 6) is 0. The van der Waals surface area contributed by atoms with Gasteiger partial charge in [-0.2, -0.15) is 0 Å². The Morgan fingerprint density at radius 2 is 1.71 bits per heavy atom. The Morgan fingerprint density at radius 1 is 1.00 bits per heavy atom. The molecule has 2 aromatic carbocycles. The minimum atomic E-state index is 0.715. The van der Waals surface area contributed by atoms with Gasteiger partial charge in [0.1, 0.15) is 0 Å². The summed E-state index contributed by atoms with van der Waals surface area (Å²) in [6, 6.07) is 16.4. The third-order valence-corrected chi connectivity index (χ3v) is 7.66. The average molecular weight is 566 g/mol. The lowest BCUT2D eigenvalue weighted by molar-refractivity contribution is 0.329. The molecule has 0 N–H and O–H groups in total. The van der Waals surface area contributed by atoms with Gasteiger partial charge in [-0.15, -0.1) is 5.73 Å². The van der Waals surface area contributed by atoms with Crippen LogP contribution in [0, 0.1) is 6.92 Å². The predicted octanol–water partition coefficient (Wildman–Crippen LogP) is 9.75. The van der Waals surface area contributed by atoms with Crippen LogP contribution in [0.2, 0.25) is 5.02 Å². The van der Waals surface area contributed by atoms with Gasteiger partial charge in [0, 0.05) is 54.5 Å². The standard InChI is InChI=1S/C37H44ClN3/c1-7-9-10-11-12-16-36(31(5)34-20-22-35(38)23-21-34)39-28-29(3)18-19-33(8-2)32(6)40-24-26-41(27-25-40)37-17-14-13-15-30(37)4/h8-9,13-15,17-23,28H,1,5-6,10-12,16,24-27H2,2-4H3/b19-18-,29-28+,33-8+,39-36?. The van der Waals surface area contributed by atoms with Crippen LogP contribution in [0.1, 0.15) is 50.7 Å². The lowest BCUT2D eigenvalue weighted by atomic mass is 9.98. The smallest absolute Gasteiger partial charge is 0.0476 e. The number of hydrogen-bond donors (Lipinski definition) is 0. The number of halogens is 1. The maximum Gasteiger partial charge on any atom is 0.0476 e. The number of anilines is 1. The van der Waals surface area contributed by atoms with Crippen LogP contribution in [0.4, 0.5) is 5.69 Å². The first-order valence-corrected chi connectivity index (χ1v) is 14.8. The minimum Gasteiger partial charge on any atom is -0.368 e. The highest BCUT2D eigenvalue weighted by molar-refractivity contribution is 6.30. The summed E-state index contributed by atoms with van der Waals surface area (Å²) in [6.45, 7) is 22.7. The Bertz CT molecular complexity index is 1360. The quantitative estimate of drug-likeness (QED) is 0.104. The number of aryl methyl sites for hydroxylation is 1. The summed E-state index contributed by atoms with van der Waals surface area (Å²) in [6.07, 6.45) is 14.2. The van der Waals surface area contributed by atoms with E-state index in [-0.39, 0.29) is 0 Å². The number of unbranched alkanes of at least 4 members (excludes halogenated alkanes) is 2. The average Bonchev–Trinajstić information content (AvgIpc) is 2.99. The summed E-state index contributed by atoms with van der Waals surface area (Å²) < 4.78 is 0.